The average Bonchev–Trinajstić information content (AvgIpc) is 2.29. The van der Waals surface area contributed by atoms with Gasteiger partial charge in [0.25, 0.3) is 5.91 Å². The number of phenolic OH excluding ortho intramolecular Hbond substituents is 1. The van der Waals surface area contributed by atoms with Crippen molar-refractivity contribution >= 4 is 16.7 Å². The fourth-order valence-electron chi connectivity index (χ4n) is 1.23. The number of hydrogen-bond acceptors (Lipinski definition) is 4. The largest absolute Gasteiger partial charge is 0.507 e. The topological polar surface area (TPSA) is 75.6 Å². The summed E-state index contributed by atoms with van der Waals surface area (Å²) in [7, 11) is 0.529. The Labute approximate surface area is 102 Å². The van der Waals surface area contributed by atoms with Crippen LogP contribution in [0, 0.1) is 0 Å². The molecule has 0 radical (unpaired) electrons. The van der Waals surface area contributed by atoms with Gasteiger partial charge in [0.05, 0.1) is 12.7 Å². The summed E-state index contributed by atoms with van der Waals surface area (Å²) in [6.07, 6.45) is 1.56. The number of ether oxygens (including phenoxy) is 1. The Bertz CT molecular complexity index is 433. The summed E-state index contributed by atoms with van der Waals surface area (Å²) in [5.74, 6) is 0.357. The average molecular weight is 257 g/mol. The third kappa shape index (κ3) is 4.07. The molecule has 1 atom stereocenters. The molecule has 0 aliphatic heterocycles. The van der Waals surface area contributed by atoms with E-state index in [1.165, 1.54) is 19.2 Å². The summed E-state index contributed by atoms with van der Waals surface area (Å²) in [5.41, 5.74) is 0.145. The van der Waals surface area contributed by atoms with E-state index >= 15 is 0 Å². The lowest BCUT2D eigenvalue weighted by Crippen LogP contribution is -2.27. The number of amides is 1. The van der Waals surface area contributed by atoms with Gasteiger partial charge in [-0.15, -0.1) is 0 Å². The number of rotatable bonds is 5. The van der Waals surface area contributed by atoms with Crippen molar-refractivity contribution in [2.45, 2.75) is 0 Å². The molecule has 1 amide bonds. The molecule has 0 saturated heterocycles. The zero-order chi connectivity index (χ0) is 12.8. The van der Waals surface area contributed by atoms with Gasteiger partial charge in [0.2, 0.25) is 0 Å². The van der Waals surface area contributed by atoms with Crippen molar-refractivity contribution in [2.24, 2.45) is 0 Å². The molecule has 0 fully saturated rings. The molecule has 0 saturated carbocycles. The predicted molar refractivity (Wildman–Crippen MR) is 65.9 cm³/mol. The van der Waals surface area contributed by atoms with Crippen LogP contribution in [0.4, 0.5) is 0 Å². The van der Waals surface area contributed by atoms with Crippen molar-refractivity contribution in [2.75, 3.05) is 25.7 Å². The van der Waals surface area contributed by atoms with Crippen LogP contribution in [0.2, 0.25) is 0 Å². The highest BCUT2D eigenvalue weighted by molar-refractivity contribution is 7.84. The Morgan fingerprint density at radius 3 is 2.82 bits per heavy atom. The van der Waals surface area contributed by atoms with Crippen molar-refractivity contribution in [3.8, 4) is 11.5 Å². The van der Waals surface area contributed by atoms with Crippen molar-refractivity contribution in [1.29, 1.82) is 0 Å². The number of carbonyl (C=O) groups is 1. The van der Waals surface area contributed by atoms with Gasteiger partial charge in [0.15, 0.2) is 0 Å². The summed E-state index contributed by atoms with van der Waals surface area (Å²) in [5, 5.41) is 12.1. The first kappa shape index (κ1) is 13.5. The van der Waals surface area contributed by atoms with E-state index in [0.717, 1.165) is 0 Å². The smallest absolute Gasteiger partial charge is 0.255 e. The van der Waals surface area contributed by atoms with Gasteiger partial charge >= 0.3 is 0 Å². The lowest BCUT2D eigenvalue weighted by atomic mass is 10.2. The molecule has 1 aromatic carbocycles. The van der Waals surface area contributed by atoms with E-state index in [4.69, 9.17) is 4.74 Å². The Balaban J connectivity index is 2.70. The Hall–Kier alpha value is -1.56. The summed E-state index contributed by atoms with van der Waals surface area (Å²) in [4.78, 5) is 11.7. The number of phenols is 1. The second kappa shape index (κ2) is 6.24. The van der Waals surface area contributed by atoms with Gasteiger partial charge in [0.1, 0.15) is 11.5 Å². The van der Waals surface area contributed by atoms with Crippen LogP contribution in [0.1, 0.15) is 10.4 Å². The highest BCUT2D eigenvalue weighted by Crippen LogP contribution is 2.22. The lowest BCUT2D eigenvalue weighted by molar-refractivity contribution is 0.0953. The zero-order valence-corrected chi connectivity index (χ0v) is 10.5. The minimum atomic E-state index is -0.952. The van der Waals surface area contributed by atoms with Crippen LogP contribution in [0.5, 0.6) is 11.5 Å². The normalized spacial score (nSPS) is 11.9. The summed E-state index contributed by atoms with van der Waals surface area (Å²) in [6.45, 7) is 0.304. The first-order chi connectivity index (χ1) is 8.04. The Morgan fingerprint density at radius 2 is 2.24 bits per heavy atom. The number of aromatic hydroxyl groups is 1. The van der Waals surface area contributed by atoms with E-state index < -0.39 is 16.7 Å². The standard InChI is InChI=1S/C11H15NO4S/c1-16-8-3-4-10(13)9(7-8)11(14)12-5-6-17(2)15/h3-4,7,13H,5-6H2,1-2H3,(H,12,14). The summed E-state index contributed by atoms with van der Waals surface area (Å²) in [6, 6.07) is 4.41. The molecule has 94 valence electrons. The molecule has 0 aliphatic rings. The number of benzene rings is 1. The van der Waals surface area contributed by atoms with E-state index in [-0.39, 0.29) is 11.3 Å². The van der Waals surface area contributed by atoms with Gasteiger partial charge in [-0.2, -0.15) is 0 Å². The molecule has 1 aromatic rings. The molecule has 0 bridgehead atoms. The molecule has 5 nitrogen and oxygen atoms in total. The van der Waals surface area contributed by atoms with Crippen LogP contribution < -0.4 is 10.1 Å². The molecule has 0 heterocycles. The van der Waals surface area contributed by atoms with Crippen molar-refractivity contribution < 1.29 is 18.8 Å². The minimum Gasteiger partial charge on any atom is -0.507 e. The monoisotopic (exact) mass is 257 g/mol. The highest BCUT2D eigenvalue weighted by Gasteiger charge is 2.11. The zero-order valence-electron chi connectivity index (χ0n) is 9.73. The van der Waals surface area contributed by atoms with Gasteiger partial charge in [-0.05, 0) is 18.2 Å². The van der Waals surface area contributed by atoms with Gasteiger partial charge in [0, 0.05) is 29.4 Å². The highest BCUT2D eigenvalue weighted by atomic mass is 32.2. The molecule has 0 aliphatic carbocycles. The second-order valence-corrected chi connectivity index (χ2v) is 4.97. The third-order valence-electron chi connectivity index (χ3n) is 2.12. The Morgan fingerprint density at radius 1 is 1.53 bits per heavy atom. The number of methoxy groups -OCH3 is 1. The van der Waals surface area contributed by atoms with Crippen molar-refractivity contribution in [3.05, 3.63) is 23.8 Å². The molecule has 17 heavy (non-hydrogen) atoms. The first-order valence-corrected chi connectivity index (χ1v) is 6.72. The van der Waals surface area contributed by atoms with Crippen LogP contribution in [0.15, 0.2) is 18.2 Å². The van der Waals surface area contributed by atoms with Crippen molar-refractivity contribution in [1.82, 2.24) is 5.32 Å². The molecular formula is C11H15NO4S. The van der Waals surface area contributed by atoms with Crippen LogP contribution in [0.3, 0.4) is 0 Å². The van der Waals surface area contributed by atoms with Crippen molar-refractivity contribution in [3.63, 3.8) is 0 Å². The fourth-order valence-corrected chi connectivity index (χ4v) is 1.62. The Kier molecular flexibility index (Phi) is 4.96. The van der Waals surface area contributed by atoms with Crippen LogP contribution in [-0.2, 0) is 10.8 Å². The summed E-state index contributed by atoms with van der Waals surface area (Å²) >= 11 is 0. The maximum absolute atomic E-state index is 11.7. The maximum atomic E-state index is 11.7. The van der Waals surface area contributed by atoms with E-state index in [2.05, 4.69) is 5.32 Å². The van der Waals surface area contributed by atoms with Crippen LogP contribution in [0.25, 0.3) is 0 Å². The van der Waals surface area contributed by atoms with E-state index in [9.17, 15) is 14.1 Å². The number of nitrogens with one attached hydrogen (secondary N) is 1. The van der Waals surface area contributed by atoms with Gasteiger partial charge < -0.3 is 15.2 Å². The van der Waals surface area contributed by atoms with Gasteiger partial charge in [-0.1, -0.05) is 0 Å². The quantitative estimate of drug-likeness (QED) is 0.806. The molecule has 0 spiro atoms. The van der Waals surface area contributed by atoms with Gasteiger partial charge in [-0.25, -0.2) is 0 Å². The van der Waals surface area contributed by atoms with Crippen LogP contribution in [-0.4, -0.2) is 40.9 Å². The molecule has 6 heteroatoms. The third-order valence-corrected chi connectivity index (χ3v) is 2.90. The molecule has 1 unspecified atom stereocenters. The summed E-state index contributed by atoms with van der Waals surface area (Å²) < 4.78 is 15.8. The second-order valence-electron chi connectivity index (χ2n) is 3.42. The van der Waals surface area contributed by atoms with Crippen LogP contribution >= 0.6 is 0 Å². The van der Waals surface area contributed by atoms with Gasteiger partial charge in [-0.3, -0.25) is 9.00 Å². The fraction of sp³-hybridized carbons (Fsp3) is 0.364. The SMILES string of the molecule is COc1ccc(O)c(C(=O)NCCS(C)=O)c1. The van der Waals surface area contributed by atoms with E-state index in [0.29, 0.717) is 18.0 Å². The number of carbonyl (C=O) groups excluding carboxylic acids is 1. The van der Waals surface area contributed by atoms with E-state index in [1.54, 1.807) is 12.3 Å². The van der Waals surface area contributed by atoms with E-state index in [1.807, 2.05) is 0 Å². The maximum Gasteiger partial charge on any atom is 0.255 e. The predicted octanol–water partition coefficient (Wildman–Crippen LogP) is 0.509. The number of hydrogen-bond donors (Lipinski definition) is 2. The molecule has 0 aromatic heterocycles. The molecule has 2 N–H and O–H groups in total. The molecular weight excluding hydrogens is 242 g/mol. The lowest BCUT2D eigenvalue weighted by Gasteiger charge is -2.07. The minimum absolute atomic E-state index is 0.110. The molecule has 1 rings (SSSR count). The first-order valence-electron chi connectivity index (χ1n) is 5.00.